The SMILES string of the molecule is CCCCOCCCNc1cc2c(cc1N)CCC(=O)N2. The van der Waals surface area contributed by atoms with Gasteiger partial charge in [-0.2, -0.15) is 0 Å². The van der Waals surface area contributed by atoms with E-state index in [9.17, 15) is 4.79 Å². The fourth-order valence-electron chi connectivity index (χ4n) is 2.35. The maximum atomic E-state index is 11.4. The Kier molecular flexibility index (Phi) is 5.87. The number of benzene rings is 1. The van der Waals surface area contributed by atoms with Gasteiger partial charge in [0, 0.05) is 31.9 Å². The van der Waals surface area contributed by atoms with Crippen molar-refractivity contribution in [2.75, 3.05) is 36.1 Å². The first-order valence-corrected chi connectivity index (χ1v) is 7.74. The van der Waals surface area contributed by atoms with E-state index < -0.39 is 0 Å². The monoisotopic (exact) mass is 291 g/mol. The molecule has 0 fully saturated rings. The Morgan fingerprint density at radius 2 is 2.10 bits per heavy atom. The second kappa shape index (κ2) is 7.88. The number of anilines is 3. The quantitative estimate of drug-likeness (QED) is 0.508. The number of nitrogen functional groups attached to an aromatic ring is 1. The van der Waals surface area contributed by atoms with Crippen molar-refractivity contribution in [1.29, 1.82) is 0 Å². The highest BCUT2D eigenvalue weighted by Crippen LogP contribution is 2.30. The lowest BCUT2D eigenvalue weighted by Crippen LogP contribution is -2.19. The maximum Gasteiger partial charge on any atom is 0.224 e. The highest BCUT2D eigenvalue weighted by atomic mass is 16.5. The van der Waals surface area contributed by atoms with Gasteiger partial charge in [0.1, 0.15) is 0 Å². The molecule has 1 aromatic carbocycles. The molecule has 0 aromatic heterocycles. The van der Waals surface area contributed by atoms with Crippen LogP contribution in [0.2, 0.25) is 0 Å². The first-order valence-electron chi connectivity index (χ1n) is 7.74. The van der Waals surface area contributed by atoms with E-state index in [1.54, 1.807) is 0 Å². The van der Waals surface area contributed by atoms with Gasteiger partial charge in [-0.1, -0.05) is 13.3 Å². The number of unbranched alkanes of at least 4 members (excludes halogenated alkanes) is 1. The molecule has 116 valence electrons. The molecule has 4 N–H and O–H groups in total. The van der Waals surface area contributed by atoms with E-state index in [-0.39, 0.29) is 5.91 Å². The number of nitrogens with one attached hydrogen (secondary N) is 2. The summed E-state index contributed by atoms with van der Waals surface area (Å²) in [5.41, 5.74) is 9.65. The lowest BCUT2D eigenvalue weighted by molar-refractivity contribution is -0.116. The summed E-state index contributed by atoms with van der Waals surface area (Å²) in [5.74, 6) is 0.0718. The van der Waals surface area contributed by atoms with Crippen molar-refractivity contribution < 1.29 is 9.53 Å². The van der Waals surface area contributed by atoms with E-state index in [0.29, 0.717) is 6.42 Å². The van der Waals surface area contributed by atoms with Crippen LogP contribution in [0.1, 0.15) is 38.2 Å². The highest BCUT2D eigenvalue weighted by molar-refractivity contribution is 5.95. The number of aryl methyl sites for hydroxylation is 1. The van der Waals surface area contributed by atoms with E-state index in [1.165, 1.54) is 0 Å². The number of hydrogen-bond acceptors (Lipinski definition) is 4. The molecular formula is C16H25N3O2. The Hall–Kier alpha value is -1.75. The standard InChI is InChI=1S/C16H25N3O2/c1-2-3-8-21-9-4-7-18-15-11-14-12(10-13(15)17)5-6-16(20)19-14/h10-11,18H,2-9,17H2,1H3,(H,19,20). The molecule has 0 spiro atoms. The fourth-order valence-corrected chi connectivity index (χ4v) is 2.35. The zero-order chi connectivity index (χ0) is 15.1. The molecule has 2 rings (SSSR count). The van der Waals surface area contributed by atoms with Crippen LogP contribution in [0.4, 0.5) is 17.1 Å². The molecule has 1 amide bonds. The van der Waals surface area contributed by atoms with Gasteiger partial charge in [-0.25, -0.2) is 0 Å². The van der Waals surface area contributed by atoms with Crippen molar-refractivity contribution in [3.05, 3.63) is 17.7 Å². The van der Waals surface area contributed by atoms with Crippen LogP contribution in [-0.2, 0) is 16.0 Å². The van der Waals surface area contributed by atoms with Gasteiger partial charge in [0.05, 0.1) is 11.4 Å². The Balaban J connectivity index is 1.80. The van der Waals surface area contributed by atoms with E-state index in [2.05, 4.69) is 17.6 Å². The van der Waals surface area contributed by atoms with Crippen LogP contribution in [0.25, 0.3) is 0 Å². The summed E-state index contributed by atoms with van der Waals surface area (Å²) >= 11 is 0. The molecule has 5 heteroatoms. The lowest BCUT2D eigenvalue weighted by Gasteiger charge is -2.19. The summed E-state index contributed by atoms with van der Waals surface area (Å²) in [6.45, 7) is 4.56. The number of amides is 1. The number of hydrogen-bond donors (Lipinski definition) is 3. The summed E-state index contributed by atoms with van der Waals surface area (Å²) in [5, 5.41) is 6.21. The van der Waals surface area contributed by atoms with Crippen LogP contribution < -0.4 is 16.4 Å². The van der Waals surface area contributed by atoms with Gasteiger partial charge in [-0.15, -0.1) is 0 Å². The molecule has 0 atom stereocenters. The predicted octanol–water partition coefficient (Wildman–Crippen LogP) is 2.77. The summed E-state index contributed by atoms with van der Waals surface area (Å²) < 4.78 is 5.52. The summed E-state index contributed by atoms with van der Waals surface area (Å²) in [7, 11) is 0. The Bertz CT molecular complexity index is 489. The molecule has 0 bridgehead atoms. The highest BCUT2D eigenvalue weighted by Gasteiger charge is 2.16. The maximum absolute atomic E-state index is 11.4. The van der Waals surface area contributed by atoms with Gasteiger partial charge in [0.25, 0.3) is 0 Å². The lowest BCUT2D eigenvalue weighted by atomic mass is 10.0. The molecule has 0 aliphatic carbocycles. The molecular weight excluding hydrogens is 266 g/mol. The second-order valence-corrected chi connectivity index (χ2v) is 5.39. The molecule has 1 aromatic rings. The minimum atomic E-state index is 0.0718. The van der Waals surface area contributed by atoms with Crippen molar-refractivity contribution in [3.63, 3.8) is 0 Å². The number of ether oxygens (including phenoxy) is 1. The number of carbonyl (C=O) groups excluding carboxylic acids is 1. The first-order chi connectivity index (χ1) is 10.2. The van der Waals surface area contributed by atoms with Crippen molar-refractivity contribution in [3.8, 4) is 0 Å². The smallest absolute Gasteiger partial charge is 0.224 e. The van der Waals surface area contributed by atoms with Gasteiger partial charge >= 0.3 is 0 Å². The van der Waals surface area contributed by atoms with Crippen LogP contribution in [-0.4, -0.2) is 25.7 Å². The van der Waals surface area contributed by atoms with Crippen molar-refractivity contribution >= 4 is 23.0 Å². The minimum Gasteiger partial charge on any atom is -0.397 e. The Morgan fingerprint density at radius 3 is 2.90 bits per heavy atom. The number of rotatable bonds is 8. The normalized spacial score (nSPS) is 13.7. The number of fused-ring (bicyclic) bond motifs is 1. The fraction of sp³-hybridized carbons (Fsp3) is 0.562. The van der Waals surface area contributed by atoms with Crippen molar-refractivity contribution in [1.82, 2.24) is 0 Å². The van der Waals surface area contributed by atoms with Crippen LogP contribution in [0.15, 0.2) is 12.1 Å². The third-order valence-electron chi connectivity index (χ3n) is 3.59. The van der Waals surface area contributed by atoms with Crippen LogP contribution >= 0.6 is 0 Å². The molecule has 0 unspecified atom stereocenters. The molecule has 1 aliphatic heterocycles. The molecule has 1 aliphatic rings. The van der Waals surface area contributed by atoms with Gasteiger partial charge in [-0.3, -0.25) is 4.79 Å². The number of carbonyl (C=O) groups is 1. The van der Waals surface area contributed by atoms with E-state index in [4.69, 9.17) is 10.5 Å². The first kappa shape index (κ1) is 15.6. The van der Waals surface area contributed by atoms with Gasteiger partial charge in [0.2, 0.25) is 5.91 Å². The van der Waals surface area contributed by atoms with Gasteiger partial charge in [-0.05, 0) is 37.0 Å². The van der Waals surface area contributed by atoms with E-state index in [1.807, 2.05) is 12.1 Å². The topological polar surface area (TPSA) is 76.4 Å². The summed E-state index contributed by atoms with van der Waals surface area (Å²) in [6.07, 6.45) is 4.51. The third kappa shape index (κ3) is 4.63. The minimum absolute atomic E-state index is 0.0718. The molecule has 0 saturated carbocycles. The molecule has 21 heavy (non-hydrogen) atoms. The molecule has 5 nitrogen and oxygen atoms in total. The van der Waals surface area contributed by atoms with Crippen LogP contribution in [0.3, 0.4) is 0 Å². The van der Waals surface area contributed by atoms with Crippen molar-refractivity contribution in [2.45, 2.75) is 39.0 Å². The summed E-state index contributed by atoms with van der Waals surface area (Å²) in [4.78, 5) is 11.4. The number of nitrogens with two attached hydrogens (primary N) is 1. The average Bonchev–Trinajstić information content (AvgIpc) is 2.47. The average molecular weight is 291 g/mol. The van der Waals surface area contributed by atoms with Crippen LogP contribution in [0, 0.1) is 0 Å². The van der Waals surface area contributed by atoms with Gasteiger partial charge < -0.3 is 21.1 Å². The Morgan fingerprint density at radius 1 is 1.29 bits per heavy atom. The zero-order valence-corrected chi connectivity index (χ0v) is 12.7. The van der Waals surface area contributed by atoms with E-state index in [0.717, 1.165) is 68.1 Å². The summed E-state index contributed by atoms with van der Waals surface area (Å²) in [6, 6.07) is 3.88. The zero-order valence-electron chi connectivity index (χ0n) is 12.7. The third-order valence-corrected chi connectivity index (χ3v) is 3.59. The van der Waals surface area contributed by atoms with Crippen molar-refractivity contribution in [2.24, 2.45) is 0 Å². The molecule has 0 radical (unpaired) electrons. The molecule has 0 saturated heterocycles. The second-order valence-electron chi connectivity index (χ2n) is 5.39. The van der Waals surface area contributed by atoms with Crippen LogP contribution in [0.5, 0.6) is 0 Å². The molecule has 1 heterocycles. The van der Waals surface area contributed by atoms with Gasteiger partial charge in [0.15, 0.2) is 0 Å². The largest absolute Gasteiger partial charge is 0.397 e. The predicted molar refractivity (Wildman–Crippen MR) is 86.6 cm³/mol. The van der Waals surface area contributed by atoms with E-state index >= 15 is 0 Å². The Labute approximate surface area is 126 Å².